The van der Waals surface area contributed by atoms with E-state index in [-0.39, 0.29) is 12.5 Å². The molecule has 6 nitrogen and oxygen atoms in total. The fraction of sp³-hybridized carbons (Fsp3) is 0.500. The number of furan rings is 1. The predicted molar refractivity (Wildman–Crippen MR) is 63.3 cm³/mol. The van der Waals surface area contributed by atoms with Gasteiger partial charge in [0, 0.05) is 5.56 Å². The van der Waals surface area contributed by atoms with E-state index in [1.54, 1.807) is 20.8 Å². The number of aliphatic hydroxyl groups is 1. The van der Waals surface area contributed by atoms with Crippen LogP contribution >= 0.6 is 0 Å². The van der Waals surface area contributed by atoms with Crippen LogP contribution in [0.4, 0.5) is 0 Å². The molecule has 1 aromatic heterocycles. The highest BCUT2D eigenvalue weighted by atomic mass is 16.5. The van der Waals surface area contributed by atoms with E-state index >= 15 is 0 Å². The number of methoxy groups -OCH3 is 1. The maximum absolute atomic E-state index is 11.9. The summed E-state index contributed by atoms with van der Waals surface area (Å²) in [6.45, 7) is 5.03. The van der Waals surface area contributed by atoms with E-state index in [0.29, 0.717) is 17.1 Å². The molecule has 0 spiro atoms. The average Bonchev–Trinajstić information content (AvgIpc) is 2.59. The monoisotopic (exact) mass is 255 g/mol. The second kappa shape index (κ2) is 5.68. The third-order valence-corrected chi connectivity index (χ3v) is 2.72. The van der Waals surface area contributed by atoms with Gasteiger partial charge in [-0.2, -0.15) is 0 Å². The standard InChI is InChI=1S/C12H17NO5/c1-6-7(2)18-8(3)10(6)11(15)13-5-9(14)12(16)17-4/h9,14H,5H2,1-4H3,(H,13,15). The van der Waals surface area contributed by atoms with Gasteiger partial charge in [-0.25, -0.2) is 4.79 Å². The third kappa shape index (κ3) is 2.89. The van der Waals surface area contributed by atoms with Crippen molar-refractivity contribution in [2.75, 3.05) is 13.7 Å². The van der Waals surface area contributed by atoms with Crippen LogP contribution in [0.1, 0.15) is 27.4 Å². The summed E-state index contributed by atoms with van der Waals surface area (Å²) in [5.41, 5.74) is 1.18. The smallest absolute Gasteiger partial charge is 0.336 e. The number of aliphatic hydroxyl groups excluding tert-OH is 1. The fourth-order valence-corrected chi connectivity index (χ4v) is 1.62. The fourth-order valence-electron chi connectivity index (χ4n) is 1.62. The number of carbonyl (C=O) groups is 2. The number of nitrogens with one attached hydrogen (secondary N) is 1. The summed E-state index contributed by atoms with van der Waals surface area (Å²) in [6, 6.07) is 0. The summed E-state index contributed by atoms with van der Waals surface area (Å²) in [6.07, 6.45) is -1.37. The lowest BCUT2D eigenvalue weighted by atomic mass is 10.1. The number of carbonyl (C=O) groups excluding carboxylic acids is 2. The summed E-state index contributed by atoms with van der Waals surface area (Å²) >= 11 is 0. The van der Waals surface area contributed by atoms with Gasteiger partial charge in [-0.05, 0) is 20.8 Å². The lowest BCUT2D eigenvalue weighted by molar-refractivity contribution is -0.149. The minimum atomic E-state index is -1.37. The lowest BCUT2D eigenvalue weighted by Gasteiger charge is -2.09. The van der Waals surface area contributed by atoms with Crippen LogP contribution in [0.25, 0.3) is 0 Å². The van der Waals surface area contributed by atoms with Crippen LogP contribution < -0.4 is 5.32 Å². The molecule has 6 heteroatoms. The zero-order chi connectivity index (χ0) is 13.9. The Bertz CT molecular complexity index is 463. The average molecular weight is 255 g/mol. The number of amides is 1. The van der Waals surface area contributed by atoms with Crippen LogP contribution in [0, 0.1) is 20.8 Å². The summed E-state index contributed by atoms with van der Waals surface area (Å²) in [7, 11) is 1.17. The number of rotatable bonds is 4. The summed E-state index contributed by atoms with van der Waals surface area (Å²) in [5.74, 6) is 0.0122. The van der Waals surface area contributed by atoms with Crippen LogP contribution in [0.2, 0.25) is 0 Å². The van der Waals surface area contributed by atoms with Gasteiger partial charge in [0.25, 0.3) is 5.91 Å². The Kier molecular flexibility index (Phi) is 4.49. The molecular weight excluding hydrogens is 238 g/mol. The molecule has 0 aliphatic carbocycles. The molecule has 1 rings (SSSR count). The molecule has 1 unspecified atom stereocenters. The van der Waals surface area contributed by atoms with Crippen LogP contribution in [0.15, 0.2) is 4.42 Å². The molecule has 0 fully saturated rings. The highest BCUT2D eigenvalue weighted by Gasteiger charge is 2.21. The van der Waals surface area contributed by atoms with Crippen molar-refractivity contribution in [2.45, 2.75) is 26.9 Å². The van der Waals surface area contributed by atoms with Crippen LogP contribution in [-0.2, 0) is 9.53 Å². The zero-order valence-corrected chi connectivity index (χ0v) is 10.9. The first-order valence-corrected chi connectivity index (χ1v) is 5.49. The number of hydrogen-bond acceptors (Lipinski definition) is 5. The Labute approximate surface area is 105 Å². The highest BCUT2D eigenvalue weighted by molar-refractivity contribution is 5.97. The molecule has 0 aliphatic rings. The molecule has 1 atom stereocenters. The molecule has 1 aromatic rings. The van der Waals surface area contributed by atoms with E-state index in [9.17, 15) is 14.7 Å². The van der Waals surface area contributed by atoms with Crippen molar-refractivity contribution in [3.63, 3.8) is 0 Å². The minimum absolute atomic E-state index is 0.200. The SMILES string of the molecule is COC(=O)C(O)CNC(=O)c1c(C)oc(C)c1C. The van der Waals surface area contributed by atoms with Crippen molar-refractivity contribution < 1.29 is 23.8 Å². The van der Waals surface area contributed by atoms with Crippen LogP contribution in [-0.4, -0.2) is 36.7 Å². The van der Waals surface area contributed by atoms with E-state index in [1.165, 1.54) is 7.11 Å². The molecule has 0 radical (unpaired) electrons. The van der Waals surface area contributed by atoms with Gasteiger partial charge in [0.15, 0.2) is 6.10 Å². The Morgan fingerprint density at radius 3 is 2.39 bits per heavy atom. The van der Waals surface area contributed by atoms with Crippen LogP contribution in [0.3, 0.4) is 0 Å². The molecule has 0 saturated carbocycles. The molecule has 0 aliphatic heterocycles. The quantitative estimate of drug-likeness (QED) is 0.763. The van der Waals surface area contributed by atoms with Crippen LogP contribution in [0.5, 0.6) is 0 Å². The molecule has 0 bridgehead atoms. The normalized spacial score (nSPS) is 12.1. The van der Waals surface area contributed by atoms with E-state index in [1.807, 2.05) is 0 Å². The molecule has 1 amide bonds. The molecular formula is C12H17NO5. The van der Waals surface area contributed by atoms with Gasteiger partial charge in [-0.3, -0.25) is 4.79 Å². The van der Waals surface area contributed by atoms with Gasteiger partial charge in [-0.1, -0.05) is 0 Å². The predicted octanol–water partition coefficient (Wildman–Crippen LogP) is 0.469. The van der Waals surface area contributed by atoms with Gasteiger partial charge < -0.3 is 19.6 Å². The Balaban J connectivity index is 2.69. The van der Waals surface area contributed by atoms with Gasteiger partial charge >= 0.3 is 5.97 Å². The molecule has 100 valence electrons. The van der Waals surface area contributed by atoms with E-state index in [4.69, 9.17) is 4.42 Å². The second-order valence-corrected chi connectivity index (χ2v) is 3.96. The van der Waals surface area contributed by atoms with Crippen molar-refractivity contribution in [3.8, 4) is 0 Å². The summed E-state index contributed by atoms with van der Waals surface area (Å²) < 4.78 is 9.67. The topological polar surface area (TPSA) is 88.8 Å². The second-order valence-electron chi connectivity index (χ2n) is 3.96. The molecule has 18 heavy (non-hydrogen) atoms. The molecule has 0 aromatic carbocycles. The van der Waals surface area contributed by atoms with E-state index < -0.39 is 12.1 Å². The van der Waals surface area contributed by atoms with E-state index in [0.717, 1.165) is 5.56 Å². The van der Waals surface area contributed by atoms with Crippen molar-refractivity contribution in [1.82, 2.24) is 5.32 Å². The number of hydrogen-bond donors (Lipinski definition) is 2. The lowest BCUT2D eigenvalue weighted by Crippen LogP contribution is -2.37. The Morgan fingerprint density at radius 1 is 1.33 bits per heavy atom. The number of aryl methyl sites for hydroxylation is 2. The first-order chi connectivity index (χ1) is 8.38. The Morgan fingerprint density at radius 2 is 1.94 bits per heavy atom. The third-order valence-electron chi connectivity index (χ3n) is 2.72. The first-order valence-electron chi connectivity index (χ1n) is 5.49. The van der Waals surface area contributed by atoms with Crippen molar-refractivity contribution in [2.24, 2.45) is 0 Å². The first kappa shape index (κ1) is 14.2. The van der Waals surface area contributed by atoms with Crippen molar-refractivity contribution in [3.05, 3.63) is 22.6 Å². The number of ether oxygens (including phenoxy) is 1. The van der Waals surface area contributed by atoms with Crippen molar-refractivity contribution in [1.29, 1.82) is 0 Å². The van der Waals surface area contributed by atoms with Crippen molar-refractivity contribution >= 4 is 11.9 Å². The maximum atomic E-state index is 11.9. The number of esters is 1. The summed E-state index contributed by atoms with van der Waals surface area (Å²) in [5, 5.41) is 11.8. The van der Waals surface area contributed by atoms with Gasteiger partial charge in [0.2, 0.25) is 0 Å². The minimum Gasteiger partial charge on any atom is -0.467 e. The van der Waals surface area contributed by atoms with Gasteiger partial charge in [0.1, 0.15) is 11.5 Å². The Hall–Kier alpha value is -1.82. The molecule has 1 heterocycles. The van der Waals surface area contributed by atoms with Gasteiger partial charge in [0.05, 0.1) is 19.2 Å². The van der Waals surface area contributed by atoms with E-state index in [2.05, 4.69) is 10.1 Å². The maximum Gasteiger partial charge on any atom is 0.336 e. The zero-order valence-electron chi connectivity index (χ0n) is 10.9. The molecule has 0 saturated heterocycles. The highest BCUT2D eigenvalue weighted by Crippen LogP contribution is 2.20. The molecule has 2 N–H and O–H groups in total. The van der Waals surface area contributed by atoms with Gasteiger partial charge in [-0.15, -0.1) is 0 Å². The summed E-state index contributed by atoms with van der Waals surface area (Å²) in [4.78, 5) is 22.8. The largest absolute Gasteiger partial charge is 0.467 e.